The van der Waals surface area contributed by atoms with Gasteiger partial charge in [0.15, 0.2) is 11.4 Å². The predicted octanol–water partition coefficient (Wildman–Crippen LogP) is 3.87. The van der Waals surface area contributed by atoms with Crippen LogP contribution in [0.4, 0.5) is 4.39 Å². The van der Waals surface area contributed by atoms with Crippen molar-refractivity contribution in [1.82, 2.24) is 9.78 Å². The van der Waals surface area contributed by atoms with E-state index in [2.05, 4.69) is 9.84 Å². The van der Waals surface area contributed by atoms with Gasteiger partial charge in [0.25, 0.3) is 0 Å². The number of halogens is 2. The van der Waals surface area contributed by atoms with Gasteiger partial charge < -0.3 is 9.47 Å². The molecule has 7 heteroatoms. The van der Waals surface area contributed by atoms with E-state index in [1.807, 2.05) is 0 Å². The van der Waals surface area contributed by atoms with Crippen LogP contribution in [-0.2, 0) is 14.3 Å². The summed E-state index contributed by atoms with van der Waals surface area (Å²) in [5.74, 6) is -1.97. The Hall–Kier alpha value is -1.92. The molecule has 2 aromatic rings. The first-order valence-electron chi connectivity index (χ1n) is 7.35. The molecule has 23 heavy (non-hydrogen) atoms. The van der Waals surface area contributed by atoms with Crippen LogP contribution in [-0.4, -0.2) is 29.5 Å². The highest BCUT2D eigenvalue weighted by atomic mass is 35.5. The topological polar surface area (TPSA) is 53.3 Å². The lowest BCUT2D eigenvalue weighted by Gasteiger charge is -2.23. The number of carbonyl (C=O) groups is 1. The van der Waals surface area contributed by atoms with Gasteiger partial charge in [-0.25, -0.2) is 9.48 Å². The lowest BCUT2D eigenvalue weighted by molar-refractivity contribution is -0.137. The number of aromatic nitrogens is 2. The maximum atomic E-state index is 13.7. The van der Waals surface area contributed by atoms with Crippen molar-refractivity contribution in [2.75, 3.05) is 13.7 Å². The fourth-order valence-electron chi connectivity index (χ4n) is 2.64. The second kappa shape index (κ2) is 6.68. The number of hydrogen-bond acceptors (Lipinski definition) is 4. The molecule has 1 aliphatic heterocycles. The lowest BCUT2D eigenvalue weighted by Crippen LogP contribution is -2.19. The number of nitrogens with zero attached hydrogens (tertiary/aromatic N) is 2. The number of rotatable bonds is 3. The number of esters is 1. The van der Waals surface area contributed by atoms with Gasteiger partial charge in [0.1, 0.15) is 0 Å². The van der Waals surface area contributed by atoms with Crippen LogP contribution < -0.4 is 0 Å². The molecule has 0 bridgehead atoms. The molecule has 122 valence electrons. The van der Waals surface area contributed by atoms with Gasteiger partial charge in [0.2, 0.25) is 5.83 Å². The number of fused-ring (bicyclic) bond motifs is 1. The smallest absolute Gasteiger partial charge is 0.366 e. The zero-order valence-corrected chi connectivity index (χ0v) is 13.3. The molecule has 0 N–H and O–H groups in total. The van der Waals surface area contributed by atoms with Crippen LogP contribution in [0.3, 0.4) is 0 Å². The number of ether oxygens (including phenoxy) is 2. The van der Waals surface area contributed by atoms with E-state index in [4.69, 9.17) is 16.3 Å². The third-order valence-electron chi connectivity index (χ3n) is 3.79. The summed E-state index contributed by atoms with van der Waals surface area (Å²) in [5, 5.41) is 5.47. The van der Waals surface area contributed by atoms with Gasteiger partial charge in [-0.2, -0.15) is 9.49 Å². The van der Waals surface area contributed by atoms with Crippen molar-refractivity contribution in [3.63, 3.8) is 0 Å². The largest absolute Gasteiger partial charge is 0.464 e. The fraction of sp³-hybridized carbons (Fsp3) is 0.375. The van der Waals surface area contributed by atoms with Gasteiger partial charge in [0, 0.05) is 12.0 Å². The molecule has 0 aliphatic carbocycles. The molecule has 1 atom stereocenters. The molecule has 1 saturated heterocycles. The average molecular weight is 339 g/mol. The number of hydrogen-bond donors (Lipinski definition) is 0. The molecule has 5 nitrogen and oxygen atoms in total. The van der Waals surface area contributed by atoms with E-state index in [9.17, 15) is 9.18 Å². The van der Waals surface area contributed by atoms with E-state index < -0.39 is 11.8 Å². The third-order valence-corrected chi connectivity index (χ3v) is 4.07. The first-order chi connectivity index (χ1) is 11.1. The molecule has 3 rings (SSSR count). The van der Waals surface area contributed by atoms with E-state index in [-0.39, 0.29) is 6.23 Å². The van der Waals surface area contributed by atoms with Crippen LogP contribution >= 0.6 is 11.6 Å². The summed E-state index contributed by atoms with van der Waals surface area (Å²) in [6.45, 7) is 0.681. The van der Waals surface area contributed by atoms with Crippen LogP contribution in [0.1, 0.15) is 31.1 Å². The summed E-state index contributed by atoms with van der Waals surface area (Å²) in [5.41, 5.74) is 1.27. The average Bonchev–Trinajstić information content (AvgIpc) is 2.91. The van der Waals surface area contributed by atoms with Crippen LogP contribution in [0, 0.1) is 0 Å². The molecular weight excluding hydrogens is 323 g/mol. The minimum absolute atomic E-state index is 0.177. The Morgan fingerprint density at radius 2 is 2.35 bits per heavy atom. The first kappa shape index (κ1) is 16.0. The fourth-order valence-corrected chi connectivity index (χ4v) is 2.88. The number of benzene rings is 1. The van der Waals surface area contributed by atoms with E-state index >= 15 is 0 Å². The normalized spacial score (nSPS) is 19.1. The van der Waals surface area contributed by atoms with E-state index in [0.717, 1.165) is 43.4 Å². The molecule has 0 amide bonds. The highest BCUT2D eigenvalue weighted by molar-refractivity contribution is 6.34. The summed E-state index contributed by atoms with van der Waals surface area (Å²) >= 11 is 6.18. The summed E-state index contributed by atoms with van der Waals surface area (Å²) < 4.78 is 25.5. The standard InChI is InChI=1S/C16H16ClFN2O3/c1-22-16(21)12(18)8-10-5-6-11-13(9-10)20(19-15(11)17)14-4-2-3-7-23-14/h5-6,8-9,14H,2-4,7H2,1H3/b12-8-. The second-order valence-electron chi connectivity index (χ2n) is 5.32. The summed E-state index contributed by atoms with van der Waals surface area (Å²) in [6, 6.07) is 5.15. The SMILES string of the molecule is COC(=O)/C(F)=C/c1ccc2c(Cl)nn(C3CCCCO3)c2c1. The first-order valence-corrected chi connectivity index (χ1v) is 7.73. The van der Waals surface area contributed by atoms with E-state index in [1.54, 1.807) is 22.9 Å². The molecule has 1 aromatic heterocycles. The van der Waals surface area contributed by atoms with Crippen molar-refractivity contribution < 1.29 is 18.7 Å². The van der Waals surface area contributed by atoms with Gasteiger partial charge in [-0.3, -0.25) is 0 Å². The highest BCUT2D eigenvalue weighted by Gasteiger charge is 2.20. The second-order valence-corrected chi connectivity index (χ2v) is 5.68. The molecule has 1 fully saturated rings. The van der Waals surface area contributed by atoms with Crippen molar-refractivity contribution in [3.8, 4) is 0 Å². The Morgan fingerprint density at radius 3 is 3.04 bits per heavy atom. The minimum atomic E-state index is -1.01. The zero-order valence-electron chi connectivity index (χ0n) is 12.6. The van der Waals surface area contributed by atoms with Crippen LogP contribution in [0.15, 0.2) is 24.0 Å². The molecule has 0 saturated carbocycles. The Balaban J connectivity index is 2.02. The maximum absolute atomic E-state index is 13.7. The van der Waals surface area contributed by atoms with Crippen LogP contribution in [0.5, 0.6) is 0 Å². The van der Waals surface area contributed by atoms with E-state index in [0.29, 0.717) is 17.3 Å². The number of methoxy groups -OCH3 is 1. The van der Waals surface area contributed by atoms with Gasteiger partial charge in [-0.1, -0.05) is 17.7 Å². The van der Waals surface area contributed by atoms with Gasteiger partial charge in [-0.05, 0) is 43.0 Å². The Labute approximate surface area is 137 Å². The molecular formula is C16H16ClFN2O3. The summed E-state index contributed by atoms with van der Waals surface area (Å²) in [6.07, 6.45) is 3.88. The summed E-state index contributed by atoms with van der Waals surface area (Å²) in [4.78, 5) is 11.2. The molecule has 0 spiro atoms. The van der Waals surface area contributed by atoms with Gasteiger partial charge >= 0.3 is 5.97 Å². The third kappa shape index (κ3) is 3.23. The van der Waals surface area contributed by atoms with E-state index in [1.165, 1.54) is 0 Å². The van der Waals surface area contributed by atoms with Crippen molar-refractivity contribution in [1.29, 1.82) is 0 Å². The Bertz CT molecular complexity index is 766. The predicted molar refractivity (Wildman–Crippen MR) is 84.7 cm³/mol. The van der Waals surface area contributed by atoms with Gasteiger partial charge in [0.05, 0.1) is 12.6 Å². The zero-order chi connectivity index (χ0) is 16.4. The van der Waals surface area contributed by atoms with Crippen molar-refractivity contribution in [3.05, 3.63) is 34.7 Å². The highest BCUT2D eigenvalue weighted by Crippen LogP contribution is 2.31. The van der Waals surface area contributed by atoms with Crippen molar-refractivity contribution >= 4 is 34.5 Å². The monoisotopic (exact) mass is 338 g/mol. The minimum Gasteiger partial charge on any atom is -0.464 e. The van der Waals surface area contributed by atoms with Crippen LogP contribution in [0.2, 0.25) is 5.15 Å². The van der Waals surface area contributed by atoms with Crippen molar-refractivity contribution in [2.24, 2.45) is 0 Å². The molecule has 1 aromatic carbocycles. The van der Waals surface area contributed by atoms with Crippen molar-refractivity contribution in [2.45, 2.75) is 25.5 Å². The molecule has 0 radical (unpaired) electrons. The lowest BCUT2D eigenvalue weighted by atomic mass is 10.1. The molecule has 2 heterocycles. The molecule has 1 unspecified atom stereocenters. The Morgan fingerprint density at radius 1 is 1.52 bits per heavy atom. The molecule has 1 aliphatic rings. The van der Waals surface area contributed by atoms with Crippen LogP contribution in [0.25, 0.3) is 17.0 Å². The van der Waals surface area contributed by atoms with Gasteiger partial charge in [-0.15, -0.1) is 0 Å². The maximum Gasteiger partial charge on any atom is 0.366 e. The summed E-state index contributed by atoms with van der Waals surface area (Å²) in [7, 11) is 1.13. The Kier molecular flexibility index (Phi) is 4.63. The number of carbonyl (C=O) groups excluding carboxylic acids is 1. The quantitative estimate of drug-likeness (QED) is 0.629.